The summed E-state index contributed by atoms with van der Waals surface area (Å²) in [7, 11) is 0. The lowest BCUT2D eigenvalue weighted by molar-refractivity contribution is -0.140. The van der Waals surface area contributed by atoms with Crippen LogP contribution >= 0.6 is 0 Å². The number of rotatable bonds is 5. The maximum absolute atomic E-state index is 12.1. The third-order valence-electron chi connectivity index (χ3n) is 2.94. The number of β-amino-alcohol motifs (C(OH)–C–C–N with tert-alkyl or cyclic N) is 1. The molecular formula is C12H24N2O3. The van der Waals surface area contributed by atoms with Crippen molar-refractivity contribution in [3.05, 3.63) is 0 Å². The van der Waals surface area contributed by atoms with E-state index in [2.05, 4.69) is 5.32 Å². The number of carbonyl (C=O) groups excluding carboxylic acids is 1. The third-order valence-corrected chi connectivity index (χ3v) is 2.94. The summed E-state index contributed by atoms with van der Waals surface area (Å²) in [5.74, 6) is 0.0266. The van der Waals surface area contributed by atoms with E-state index in [1.807, 2.05) is 13.8 Å². The van der Waals surface area contributed by atoms with E-state index in [4.69, 9.17) is 5.11 Å². The number of aliphatic hydroxyl groups is 2. The molecule has 0 spiro atoms. The van der Waals surface area contributed by atoms with Crippen LogP contribution in [0.3, 0.4) is 0 Å². The van der Waals surface area contributed by atoms with E-state index in [0.29, 0.717) is 6.54 Å². The molecule has 0 aliphatic carbocycles. The predicted molar refractivity (Wildman–Crippen MR) is 65.6 cm³/mol. The highest BCUT2D eigenvalue weighted by Crippen LogP contribution is 2.15. The maximum Gasteiger partial charge on any atom is 0.239 e. The Morgan fingerprint density at radius 1 is 1.59 bits per heavy atom. The first kappa shape index (κ1) is 14.4. The van der Waals surface area contributed by atoms with Crippen LogP contribution < -0.4 is 5.32 Å². The van der Waals surface area contributed by atoms with Crippen LogP contribution in [0.1, 0.15) is 33.6 Å². The van der Waals surface area contributed by atoms with E-state index in [1.165, 1.54) is 0 Å². The normalized spacial score (nSPS) is 25.2. The molecule has 1 aliphatic heterocycles. The summed E-state index contributed by atoms with van der Waals surface area (Å²) in [5.41, 5.74) is -1.21. The summed E-state index contributed by atoms with van der Waals surface area (Å²) < 4.78 is 0. The van der Waals surface area contributed by atoms with Gasteiger partial charge in [-0.25, -0.2) is 0 Å². The van der Waals surface area contributed by atoms with Gasteiger partial charge in [0.15, 0.2) is 0 Å². The first-order chi connectivity index (χ1) is 7.85. The number of aliphatic hydroxyl groups excluding tert-OH is 1. The number of hydrogen-bond acceptors (Lipinski definition) is 4. The lowest BCUT2D eigenvalue weighted by Gasteiger charge is -2.37. The minimum atomic E-state index is -1.21. The van der Waals surface area contributed by atoms with Crippen molar-refractivity contribution in [2.45, 2.75) is 51.3 Å². The Balaban J connectivity index is 2.59. The van der Waals surface area contributed by atoms with E-state index in [1.54, 1.807) is 11.8 Å². The maximum atomic E-state index is 12.1. The number of piperidine rings is 1. The Morgan fingerprint density at radius 2 is 2.24 bits per heavy atom. The molecule has 1 aliphatic rings. The van der Waals surface area contributed by atoms with Crippen LogP contribution in [0.4, 0.5) is 0 Å². The van der Waals surface area contributed by atoms with Crippen LogP contribution in [0.2, 0.25) is 0 Å². The minimum absolute atomic E-state index is 0.0266. The lowest BCUT2D eigenvalue weighted by atomic mass is 10.0. The summed E-state index contributed by atoms with van der Waals surface area (Å²) in [5, 5.41) is 22.0. The molecule has 0 aromatic rings. The SMILES string of the molecule is CC(C)NC1CCCN(CC(C)(O)CO)C1=O. The van der Waals surface area contributed by atoms with Gasteiger partial charge in [0.05, 0.1) is 19.2 Å². The first-order valence-electron chi connectivity index (χ1n) is 6.24. The second-order valence-electron chi connectivity index (χ2n) is 5.43. The fourth-order valence-corrected chi connectivity index (χ4v) is 2.12. The van der Waals surface area contributed by atoms with E-state index in [9.17, 15) is 9.90 Å². The zero-order chi connectivity index (χ0) is 13.1. The van der Waals surface area contributed by atoms with Crippen molar-refractivity contribution < 1.29 is 15.0 Å². The van der Waals surface area contributed by atoms with Crippen LogP contribution in [0.5, 0.6) is 0 Å². The monoisotopic (exact) mass is 244 g/mol. The summed E-state index contributed by atoms with van der Waals surface area (Å²) in [4.78, 5) is 13.8. The van der Waals surface area contributed by atoms with Crippen LogP contribution in [-0.4, -0.2) is 58.4 Å². The molecule has 0 saturated carbocycles. The number of amides is 1. The van der Waals surface area contributed by atoms with Crippen molar-refractivity contribution in [2.75, 3.05) is 19.7 Å². The molecule has 5 heteroatoms. The molecule has 1 amide bonds. The highest BCUT2D eigenvalue weighted by Gasteiger charge is 2.33. The molecule has 2 atom stereocenters. The average Bonchev–Trinajstić information content (AvgIpc) is 2.23. The molecule has 2 unspecified atom stereocenters. The largest absolute Gasteiger partial charge is 0.393 e. The number of likely N-dealkylation sites (tertiary alicyclic amines) is 1. The molecule has 5 nitrogen and oxygen atoms in total. The van der Waals surface area contributed by atoms with Gasteiger partial charge in [-0.2, -0.15) is 0 Å². The molecule has 0 bridgehead atoms. The van der Waals surface area contributed by atoms with Gasteiger partial charge in [-0.15, -0.1) is 0 Å². The van der Waals surface area contributed by atoms with Crippen LogP contribution in [0, 0.1) is 0 Å². The van der Waals surface area contributed by atoms with E-state index in [-0.39, 0.29) is 31.1 Å². The van der Waals surface area contributed by atoms with Gasteiger partial charge >= 0.3 is 0 Å². The van der Waals surface area contributed by atoms with E-state index in [0.717, 1.165) is 12.8 Å². The van der Waals surface area contributed by atoms with E-state index >= 15 is 0 Å². The lowest BCUT2D eigenvalue weighted by Crippen LogP contribution is -2.56. The fraction of sp³-hybridized carbons (Fsp3) is 0.917. The van der Waals surface area contributed by atoms with Crippen molar-refractivity contribution in [3.63, 3.8) is 0 Å². The van der Waals surface area contributed by atoms with Gasteiger partial charge < -0.3 is 20.4 Å². The summed E-state index contributed by atoms with van der Waals surface area (Å²) >= 11 is 0. The highest BCUT2D eigenvalue weighted by atomic mass is 16.3. The Kier molecular flexibility index (Phi) is 4.91. The number of hydrogen-bond donors (Lipinski definition) is 3. The minimum Gasteiger partial charge on any atom is -0.393 e. The van der Waals surface area contributed by atoms with Crippen molar-refractivity contribution >= 4 is 5.91 Å². The fourth-order valence-electron chi connectivity index (χ4n) is 2.12. The summed E-state index contributed by atoms with van der Waals surface area (Å²) in [6.07, 6.45) is 1.77. The molecule has 0 aromatic heterocycles. The quantitative estimate of drug-likeness (QED) is 0.622. The van der Waals surface area contributed by atoms with Gasteiger partial charge in [0.25, 0.3) is 0 Å². The van der Waals surface area contributed by atoms with Gasteiger partial charge in [0, 0.05) is 12.6 Å². The Bertz CT molecular complexity index is 266. The number of nitrogens with zero attached hydrogens (tertiary/aromatic N) is 1. The Hall–Kier alpha value is -0.650. The number of carbonyl (C=O) groups is 1. The van der Waals surface area contributed by atoms with Gasteiger partial charge in [-0.3, -0.25) is 4.79 Å². The van der Waals surface area contributed by atoms with Crippen molar-refractivity contribution in [1.29, 1.82) is 0 Å². The Morgan fingerprint density at radius 3 is 2.76 bits per heavy atom. The molecule has 1 saturated heterocycles. The third kappa shape index (κ3) is 4.26. The molecule has 0 radical (unpaired) electrons. The van der Waals surface area contributed by atoms with Crippen molar-refractivity contribution in [2.24, 2.45) is 0 Å². The van der Waals surface area contributed by atoms with Crippen LogP contribution in [-0.2, 0) is 4.79 Å². The van der Waals surface area contributed by atoms with Gasteiger partial charge in [-0.05, 0) is 19.8 Å². The molecule has 1 heterocycles. The zero-order valence-electron chi connectivity index (χ0n) is 10.9. The topological polar surface area (TPSA) is 72.8 Å². The van der Waals surface area contributed by atoms with Gasteiger partial charge in [0.1, 0.15) is 5.60 Å². The molecule has 17 heavy (non-hydrogen) atoms. The molecule has 3 N–H and O–H groups in total. The van der Waals surface area contributed by atoms with Crippen LogP contribution in [0.15, 0.2) is 0 Å². The molecule has 1 rings (SSSR count). The summed E-state index contributed by atoms with van der Waals surface area (Å²) in [6.45, 7) is 6.08. The van der Waals surface area contributed by atoms with Crippen LogP contribution in [0.25, 0.3) is 0 Å². The second kappa shape index (κ2) is 5.80. The van der Waals surface area contributed by atoms with Crippen molar-refractivity contribution in [3.8, 4) is 0 Å². The first-order valence-corrected chi connectivity index (χ1v) is 6.24. The average molecular weight is 244 g/mol. The number of nitrogens with one attached hydrogen (secondary N) is 1. The highest BCUT2D eigenvalue weighted by molar-refractivity contribution is 5.82. The summed E-state index contributed by atoms with van der Waals surface area (Å²) in [6, 6.07) is 0.112. The van der Waals surface area contributed by atoms with Gasteiger partial charge in [-0.1, -0.05) is 13.8 Å². The standard InChI is InChI=1S/C12H24N2O3/c1-9(2)13-10-5-4-6-14(11(10)16)7-12(3,17)8-15/h9-10,13,15,17H,4-8H2,1-3H3. The van der Waals surface area contributed by atoms with E-state index < -0.39 is 5.60 Å². The zero-order valence-corrected chi connectivity index (χ0v) is 10.9. The predicted octanol–water partition coefficient (Wildman–Crippen LogP) is -0.281. The molecule has 0 aromatic carbocycles. The molecule has 100 valence electrons. The molecule has 1 fully saturated rings. The smallest absolute Gasteiger partial charge is 0.239 e. The Labute approximate surface area is 103 Å². The van der Waals surface area contributed by atoms with Crippen molar-refractivity contribution in [1.82, 2.24) is 10.2 Å². The molecular weight excluding hydrogens is 220 g/mol. The van der Waals surface area contributed by atoms with Gasteiger partial charge in [0.2, 0.25) is 5.91 Å². The second-order valence-corrected chi connectivity index (χ2v) is 5.43.